The summed E-state index contributed by atoms with van der Waals surface area (Å²) in [6.45, 7) is 0. The van der Waals surface area contributed by atoms with E-state index in [9.17, 15) is 0 Å². The Morgan fingerprint density at radius 3 is 2.36 bits per heavy atom. The van der Waals surface area contributed by atoms with Crippen LogP contribution in [-0.4, -0.2) is 20.2 Å². The average molecular weight is 230 g/mol. The fraction of sp³-hybridized carbons (Fsp3) is 0. The van der Waals surface area contributed by atoms with E-state index >= 15 is 0 Å². The normalized spacial score (nSPS) is 10.4. The molecule has 0 saturated heterocycles. The number of hydrogen-bond donors (Lipinski definition) is 2. The maximum absolute atomic E-state index is 5.85. The number of rotatable bonds is 1. The van der Waals surface area contributed by atoms with Crippen molar-refractivity contribution in [2.45, 2.75) is 0 Å². The van der Waals surface area contributed by atoms with Gasteiger partial charge in [0.2, 0.25) is 0 Å². The third-order valence-electron chi connectivity index (χ3n) is 1.62. The molecule has 0 atom stereocenters. The molecular formula is C7H5Cl2N5. The number of aromatic amines is 1. The van der Waals surface area contributed by atoms with Crippen molar-refractivity contribution in [3.05, 3.63) is 22.7 Å². The molecule has 0 aliphatic rings. The first kappa shape index (κ1) is 9.23. The summed E-state index contributed by atoms with van der Waals surface area (Å²) in [4.78, 5) is 7.61. The number of hydrogen-bond acceptors (Lipinski definition) is 4. The molecule has 0 spiro atoms. The van der Waals surface area contributed by atoms with E-state index in [0.29, 0.717) is 17.1 Å². The fourth-order valence-electron chi connectivity index (χ4n) is 1.03. The van der Waals surface area contributed by atoms with Gasteiger partial charge in [-0.1, -0.05) is 23.2 Å². The Bertz CT molecular complexity index is 447. The second-order valence-electron chi connectivity index (χ2n) is 2.54. The van der Waals surface area contributed by atoms with Crippen molar-refractivity contribution in [3.63, 3.8) is 0 Å². The minimum Gasteiger partial charge on any atom is -0.382 e. The number of anilines is 1. The first-order chi connectivity index (χ1) is 6.68. The quantitative estimate of drug-likeness (QED) is 0.731. The van der Waals surface area contributed by atoms with Crippen molar-refractivity contribution in [3.8, 4) is 11.3 Å². The standard InChI is InChI=1S/C7H5Cl2N5/c8-6-5(7(9)12-2-11-6)3-1-4(10)14-13-3/h1-2H,(H3,10,13,14). The maximum atomic E-state index is 5.85. The second kappa shape index (κ2) is 3.43. The lowest BCUT2D eigenvalue weighted by Gasteiger charge is -2.00. The van der Waals surface area contributed by atoms with Crippen LogP contribution in [0.4, 0.5) is 5.82 Å². The molecule has 14 heavy (non-hydrogen) atoms. The highest BCUT2D eigenvalue weighted by molar-refractivity contribution is 6.37. The summed E-state index contributed by atoms with van der Waals surface area (Å²) >= 11 is 11.7. The van der Waals surface area contributed by atoms with Crippen LogP contribution in [0.2, 0.25) is 10.3 Å². The van der Waals surface area contributed by atoms with E-state index in [4.69, 9.17) is 28.9 Å². The third kappa shape index (κ3) is 1.51. The van der Waals surface area contributed by atoms with Crippen LogP contribution >= 0.6 is 23.2 Å². The van der Waals surface area contributed by atoms with Crippen molar-refractivity contribution in [1.29, 1.82) is 0 Å². The van der Waals surface area contributed by atoms with Crippen LogP contribution in [0.1, 0.15) is 0 Å². The topological polar surface area (TPSA) is 80.5 Å². The van der Waals surface area contributed by atoms with Crippen molar-refractivity contribution < 1.29 is 0 Å². The molecule has 3 N–H and O–H groups in total. The predicted octanol–water partition coefficient (Wildman–Crippen LogP) is 1.76. The van der Waals surface area contributed by atoms with E-state index in [1.807, 2.05) is 0 Å². The molecule has 2 rings (SSSR count). The maximum Gasteiger partial charge on any atom is 0.145 e. The van der Waals surface area contributed by atoms with Gasteiger partial charge in [-0.2, -0.15) is 5.10 Å². The van der Waals surface area contributed by atoms with E-state index in [1.54, 1.807) is 6.07 Å². The molecule has 2 aromatic heterocycles. The van der Waals surface area contributed by atoms with Gasteiger partial charge in [-0.3, -0.25) is 5.10 Å². The highest BCUT2D eigenvalue weighted by Gasteiger charge is 2.12. The van der Waals surface area contributed by atoms with Crippen LogP contribution in [0.3, 0.4) is 0 Å². The molecule has 0 aliphatic carbocycles. The molecule has 2 heterocycles. The summed E-state index contributed by atoms with van der Waals surface area (Å²) in [7, 11) is 0. The van der Waals surface area contributed by atoms with Crippen LogP contribution in [0.25, 0.3) is 11.3 Å². The molecule has 2 aromatic rings. The van der Waals surface area contributed by atoms with Crippen molar-refractivity contribution in [2.75, 3.05) is 5.73 Å². The number of nitrogens with two attached hydrogens (primary N) is 1. The van der Waals surface area contributed by atoms with Gasteiger partial charge in [0.1, 0.15) is 22.5 Å². The SMILES string of the molecule is Nc1cc(-c2c(Cl)ncnc2Cl)[nH]n1. The minimum atomic E-state index is 0.258. The van der Waals surface area contributed by atoms with E-state index in [2.05, 4.69) is 20.2 Å². The van der Waals surface area contributed by atoms with E-state index in [1.165, 1.54) is 6.33 Å². The Morgan fingerprint density at radius 1 is 1.21 bits per heavy atom. The number of aromatic nitrogens is 4. The molecule has 0 aromatic carbocycles. The van der Waals surface area contributed by atoms with E-state index in [-0.39, 0.29) is 10.3 Å². The summed E-state index contributed by atoms with van der Waals surface area (Å²) in [6, 6.07) is 1.61. The van der Waals surface area contributed by atoms with Gasteiger partial charge in [-0.25, -0.2) is 9.97 Å². The zero-order valence-corrected chi connectivity index (χ0v) is 8.34. The lowest BCUT2D eigenvalue weighted by molar-refractivity contribution is 1.09. The fourth-order valence-corrected chi connectivity index (χ4v) is 1.55. The molecule has 0 bridgehead atoms. The molecule has 0 saturated carbocycles. The predicted molar refractivity (Wildman–Crippen MR) is 54.0 cm³/mol. The zero-order valence-electron chi connectivity index (χ0n) is 6.83. The minimum absolute atomic E-state index is 0.258. The molecular weight excluding hydrogens is 225 g/mol. The summed E-state index contributed by atoms with van der Waals surface area (Å²) in [5.41, 5.74) is 6.54. The van der Waals surface area contributed by atoms with E-state index in [0.717, 1.165) is 0 Å². The largest absolute Gasteiger partial charge is 0.382 e. The van der Waals surface area contributed by atoms with Crippen LogP contribution in [0.15, 0.2) is 12.4 Å². The lowest BCUT2D eigenvalue weighted by Crippen LogP contribution is -1.88. The highest BCUT2D eigenvalue weighted by atomic mass is 35.5. The summed E-state index contributed by atoms with van der Waals surface area (Å²) < 4.78 is 0. The number of nitrogen functional groups attached to an aromatic ring is 1. The number of halogens is 2. The highest BCUT2D eigenvalue weighted by Crippen LogP contribution is 2.30. The van der Waals surface area contributed by atoms with E-state index < -0.39 is 0 Å². The van der Waals surface area contributed by atoms with Gasteiger partial charge in [-0.05, 0) is 0 Å². The van der Waals surface area contributed by atoms with Gasteiger partial charge in [0, 0.05) is 6.07 Å². The summed E-state index contributed by atoms with van der Waals surface area (Å²) in [5, 5.41) is 6.95. The molecule has 0 amide bonds. The number of nitrogens with zero attached hydrogens (tertiary/aromatic N) is 3. The van der Waals surface area contributed by atoms with Crippen molar-refractivity contribution in [2.24, 2.45) is 0 Å². The van der Waals surface area contributed by atoms with Crippen LogP contribution < -0.4 is 5.73 Å². The van der Waals surface area contributed by atoms with Crippen LogP contribution in [-0.2, 0) is 0 Å². The summed E-state index contributed by atoms with van der Waals surface area (Å²) in [6.07, 6.45) is 1.29. The third-order valence-corrected chi connectivity index (χ3v) is 2.19. The van der Waals surface area contributed by atoms with Gasteiger partial charge in [0.15, 0.2) is 0 Å². The first-order valence-corrected chi connectivity index (χ1v) is 4.41. The monoisotopic (exact) mass is 229 g/mol. The number of nitrogens with one attached hydrogen (secondary N) is 1. The van der Waals surface area contributed by atoms with Crippen LogP contribution in [0.5, 0.6) is 0 Å². The number of H-pyrrole nitrogens is 1. The van der Waals surface area contributed by atoms with Gasteiger partial charge in [0.25, 0.3) is 0 Å². The van der Waals surface area contributed by atoms with Gasteiger partial charge in [0.05, 0.1) is 11.3 Å². The van der Waals surface area contributed by atoms with Gasteiger partial charge < -0.3 is 5.73 Å². The molecule has 72 valence electrons. The van der Waals surface area contributed by atoms with Gasteiger partial charge >= 0.3 is 0 Å². The summed E-state index contributed by atoms with van der Waals surface area (Å²) in [5.74, 6) is 0.357. The zero-order chi connectivity index (χ0) is 10.1. The average Bonchev–Trinajstić information content (AvgIpc) is 2.51. The smallest absolute Gasteiger partial charge is 0.145 e. The Morgan fingerprint density at radius 2 is 1.86 bits per heavy atom. The Balaban J connectivity index is 2.61. The molecule has 7 heteroatoms. The molecule has 0 aliphatic heterocycles. The molecule has 0 fully saturated rings. The van der Waals surface area contributed by atoms with Crippen molar-refractivity contribution in [1.82, 2.24) is 20.2 Å². The molecule has 5 nitrogen and oxygen atoms in total. The van der Waals surface area contributed by atoms with Crippen LogP contribution in [0, 0.1) is 0 Å². The van der Waals surface area contributed by atoms with Crippen molar-refractivity contribution >= 4 is 29.0 Å². The Labute approximate surface area is 89.3 Å². The van der Waals surface area contributed by atoms with Gasteiger partial charge in [-0.15, -0.1) is 0 Å². The molecule has 0 unspecified atom stereocenters. The Hall–Kier alpha value is -1.33. The molecule has 0 radical (unpaired) electrons. The Kier molecular flexibility index (Phi) is 2.26. The first-order valence-electron chi connectivity index (χ1n) is 3.65. The second-order valence-corrected chi connectivity index (χ2v) is 3.25. The lowest BCUT2D eigenvalue weighted by atomic mass is 10.2.